The summed E-state index contributed by atoms with van der Waals surface area (Å²) in [6.45, 7) is 12.3. The van der Waals surface area contributed by atoms with Gasteiger partial charge in [-0.3, -0.25) is 4.79 Å². The molecule has 124 valence electrons. The van der Waals surface area contributed by atoms with Gasteiger partial charge in [-0.15, -0.1) is 11.3 Å². The Morgan fingerprint density at radius 2 is 1.57 bits per heavy atom. The first-order valence-corrected chi connectivity index (χ1v) is 8.61. The van der Waals surface area contributed by atoms with E-state index in [4.69, 9.17) is 0 Å². The molecule has 0 spiro atoms. The third-order valence-electron chi connectivity index (χ3n) is 3.73. The van der Waals surface area contributed by atoms with Gasteiger partial charge in [-0.1, -0.05) is 47.6 Å². The van der Waals surface area contributed by atoms with Crippen molar-refractivity contribution in [3.63, 3.8) is 0 Å². The van der Waals surface area contributed by atoms with Crippen molar-refractivity contribution in [2.45, 2.75) is 52.4 Å². The van der Waals surface area contributed by atoms with Crippen LogP contribution in [0.15, 0.2) is 29.6 Å². The number of aromatic hydroxyl groups is 1. The monoisotopic (exact) mass is 331 g/mol. The molecule has 0 aliphatic heterocycles. The molecule has 1 amide bonds. The molecular formula is C19H25NO2S. The van der Waals surface area contributed by atoms with E-state index in [0.29, 0.717) is 10.6 Å². The highest BCUT2D eigenvalue weighted by molar-refractivity contribution is 7.12. The number of anilines is 1. The van der Waals surface area contributed by atoms with E-state index in [2.05, 4.69) is 46.9 Å². The molecule has 2 aromatic rings. The Balaban J connectivity index is 2.50. The summed E-state index contributed by atoms with van der Waals surface area (Å²) in [5, 5.41) is 15.5. The van der Waals surface area contributed by atoms with E-state index in [0.717, 1.165) is 16.8 Å². The molecule has 0 radical (unpaired) electrons. The van der Waals surface area contributed by atoms with E-state index >= 15 is 0 Å². The van der Waals surface area contributed by atoms with E-state index in [1.54, 1.807) is 6.07 Å². The van der Waals surface area contributed by atoms with Gasteiger partial charge in [-0.2, -0.15) is 0 Å². The summed E-state index contributed by atoms with van der Waals surface area (Å²) >= 11 is 1.41. The molecule has 1 aromatic heterocycles. The first kappa shape index (κ1) is 17.5. The number of rotatable bonds is 2. The Hall–Kier alpha value is -1.81. The molecule has 0 atom stereocenters. The minimum absolute atomic E-state index is 0.120. The van der Waals surface area contributed by atoms with Crippen molar-refractivity contribution < 1.29 is 9.90 Å². The minimum Gasteiger partial charge on any atom is -0.507 e. The molecule has 1 heterocycles. The third kappa shape index (κ3) is 3.94. The van der Waals surface area contributed by atoms with Crippen molar-refractivity contribution >= 4 is 22.9 Å². The van der Waals surface area contributed by atoms with Gasteiger partial charge in [-0.25, -0.2) is 0 Å². The number of carbonyl (C=O) groups excluding carboxylic acids is 1. The smallest absolute Gasteiger partial charge is 0.265 e. The van der Waals surface area contributed by atoms with Crippen LogP contribution in [0.4, 0.5) is 5.69 Å². The van der Waals surface area contributed by atoms with Gasteiger partial charge in [-0.05, 0) is 34.4 Å². The molecule has 1 aromatic carbocycles. The maximum atomic E-state index is 12.3. The average Bonchev–Trinajstić information content (AvgIpc) is 2.91. The van der Waals surface area contributed by atoms with Gasteiger partial charge in [0.25, 0.3) is 5.91 Å². The predicted molar refractivity (Wildman–Crippen MR) is 97.8 cm³/mol. The zero-order valence-electron chi connectivity index (χ0n) is 14.7. The molecule has 23 heavy (non-hydrogen) atoms. The minimum atomic E-state index is -0.215. The fourth-order valence-electron chi connectivity index (χ4n) is 2.45. The van der Waals surface area contributed by atoms with E-state index < -0.39 is 0 Å². The lowest BCUT2D eigenvalue weighted by molar-refractivity contribution is 0.103. The summed E-state index contributed by atoms with van der Waals surface area (Å²) < 4.78 is 0. The van der Waals surface area contributed by atoms with Gasteiger partial charge in [0.1, 0.15) is 5.75 Å². The first-order valence-electron chi connectivity index (χ1n) is 7.73. The largest absolute Gasteiger partial charge is 0.507 e. The molecule has 4 heteroatoms. The maximum Gasteiger partial charge on any atom is 0.265 e. The zero-order chi connectivity index (χ0) is 17.4. The fourth-order valence-corrected chi connectivity index (χ4v) is 3.07. The van der Waals surface area contributed by atoms with Crippen LogP contribution in [-0.4, -0.2) is 11.0 Å². The summed E-state index contributed by atoms with van der Waals surface area (Å²) in [7, 11) is 0. The Kier molecular flexibility index (Phi) is 4.58. The lowest BCUT2D eigenvalue weighted by atomic mass is 9.79. The third-order valence-corrected chi connectivity index (χ3v) is 4.60. The Labute approximate surface area is 142 Å². The average molecular weight is 331 g/mol. The van der Waals surface area contributed by atoms with Crippen LogP contribution in [0.25, 0.3) is 0 Å². The number of nitrogens with one attached hydrogen (secondary N) is 1. The molecule has 2 N–H and O–H groups in total. The molecular weight excluding hydrogens is 306 g/mol. The number of phenolic OH excluding ortho intramolecular Hbond substituents is 1. The van der Waals surface area contributed by atoms with Crippen LogP contribution in [0.1, 0.15) is 62.3 Å². The highest BCUT2D eigenvalue weighted by Gasteiger charge is 2.27. The summed E-state index contributed by atoms with van der Waals surface area (Å²) in [5.41, 5.74) is 1.97. The van der Waals surface area contributed by atoms with Crippen LogP contribution in [0, 0.1) is 0 Å². The van der Waals surface area contributed by atoms with Gasteiger partial charge in [0.2, 0.25) is 0 Å². The zero-order valence-corrected chi connectivity index (χ0v) is 15.5. The van der Waals surface area contributed by atoms with Crippen LogP contribution >= 0.6 is 11.3 Å². The van der Waals surface area contributed by atoms with Crippen molar-refractivity contribution in [1.29, 1.82) is 0 Å². The number of hydrogen-bond acceptors (Lipinski definition) is 3. The van der Waals surface area contributed by atoms with E-state index in [1.165, 1.54) is 11.3 Å². The second-order valence-corrected chi connectivity index (χ2v) is 8.80. The quantitative estimate of drug-likeness (QED) is 0.734. The van der Waals surface area contributed by atoms with Crippen LogP contribution in [0.2, 0.25) is 0 Å². The van der Waals surface area contributed by atoms with Gasteiger partial charge in [0.05, 0.1) is 4.88 Å². The highest BCUT2D eigenvalue weighted by Crippen LogP contribution is 2.41. The molecule has 3 nitrogen and oxygen atoms in total. The van der Waals surface area contributed by atoms with E-state index in [9.17, 15) is 9.90 Å². The molecule has 0 saturated carbocycles. The number of carbonyl (C=O) groups is 1. The molecule has 0 saturated heterocycles. The van der Waals surface area contributed by atoms with Crippen LogP contribution in [0.3, 0.4) is 0 Å². The molecule has 0 fully saturated rings. The number of amides is 1. The topological polar surface area (TPSA) is 49.3 Å². The second-order valence-electron chi connectivity index (χ2n) is 7.85. The van der Waals surface area contributed by atoms with Gasteiger partial charge >= 0.3 is 0 Å². The molecule has 0 unspecified atom stereocenters. The second kappa shape index (κ2) is 6.00. The number of phenols is 1. The van der Waals surface area contributed by atoms with E-state index in [-0.39, 0.29) is 16.7 Å². The van der Waals surface area contributed by atoms with Gasteiger partial charge in [0.15, 0.2) is 0 Å². The Morgan fingerprint density at radius 1 is 1.04 bits per heavy atom. The molecule has 0 aliphatic rings. The van der Waals surface area contributed by atoms with Crippen LogP contribution in [0.5, 0.6) is 5.75 Å². The van der Waals surface area contributed by atoms with E-state index in [1.807, 2.05) is 23.6 Å². The summed E-state index contributed by atoms with van der Waals surface area (Å²) in [6, 6.07) is 7.40. The number of benzene rings is 1. The Bertz CT molecular complexity index is 669. The lowest BCUT2D eigenvalue weighted by Crippen LogP contribution is -2.19. The predicted octanol–water partition coefficient (Wildman–Crippen LogP) is 5.30. The van der Waals surface area contributed by atoms with Gasteiger partial charge < -0.3 is 10.4 Å². The van der Waals surface area contributed by atoms with Crippen LogP contribution < -0.4 is 5.32 Å². The normalized spacial score (nSPS) is 12.3. The van der Waals surface area contributed by atoms with Crippen LogP contribution in [-0.2, 0) is 10.8 Å². The van der Waals surface area contributed by atoms with Crippen molar-refractivity contribution in [3.05, 3.63) is 45.6 Å². The van der Waals surface area contributed by atoms with Crippen molar-refractivity contribution in [2.75, 3.05) is 5.32 Å². The fraction of sp³-hybridized carbons (Fsp3) is 0.421. The molecule has 0 bridgehead atoms. The molecule has 0 aliphatic carbocycles. The SMILES string of the molecule is CC(C)(C)c1cc(NC(=O)c2cccs2)cc(C(C)(C)C)c1O. The lowest BCUT2D eigenvalue weighted by Gasteiger charge is -2.28. The summed E-state index contributed by atoms with van der Waals surface area (Å²) in [5.74, 6) is 0.199. The first-order chi connectivity index (χ1) is 10.5. The highest BCUT2D eigenvalue weighted by atomic mass is 32.1. The van der Waals surface area contributed by atoms with Crippen molar-refractivity contribution in [2.24, 2.45) is 0 Å². The van der Waals surface area contributed by atoms with Crippen molar-refractivity contribution in [1.82, 2.24) is 0 Å². The Morgan fingerprint density at radius 3 is 1.96 bits per heavy atom. The van der Waals surface area contributed by atoms with Gasteiger partial charge in [0, 0.05) is 16.8 Å². The molecule has 2 rings (SSSR count). The van der Waals surface area contributed by atoms with Crippen molar-refractivity contribution in [3.8, 4) is 5.75 Å². The standard InChI is InChI=1S/C19H25NO2S/c1-18(2,3)13-10-12(11-14(16(13)21)19(4,5)6)20-17(22)15-8-7-9-23-15/h7-11,21H,1-6H3,(H,20,22). The number of thiophene rings is 1. The number of hydrogen-bond donors (Lipinski definition) is 2. The summed E-state index contributed by atoms with van der Waals surface area (Å²) in [4.78, 5) is 13.0. The summed E-state index contributed by atoms with van der Waals surface area (Å²) in [6.07, 6.45) is 0. The maximum absolute atomic E-state index is 12.3.